The van der Waals surface area contributed by atoms with Crippen LogP contribution in [0.3, 0.4) is 0 Å². The highest BCUT2D eigenvalue weighted by Gasteiger charge is 2.17. The zero-order valence-electron chi connectivity index (χ0n) is 16.7. The molecular formula is C23H26N4O2. The number of rotatable bonds is 6. The van der Waals surface area contributed by atoms with Gasteiger partial charge in [0.2, 0.25) is 0 Å². The number of nitrogens with zero attached hydrogens (tertiary/aromatic N) is 3. The lowest BCUT2D eigenvalue weighted by Gasteiger charge is -2.36. The fraction of sp³-hybridized carbons (Fsp3) is 0.304. The van der Waals surface area contributed by atoms with E-state index < -0.39 is 0 Å². The first-order chi connectivity index (χ1) is 14.2. The monoisotopic (exact) mass is 390 g/mol. The molecule has 1 aromatic heterocycles. The standard InChI is InChI=1S/C23H26N4O2/c1-29-21-7-4-6-20(16-21)27-13-11-26(12-14-27)10-9-24-23(28)19-15-18-5-2-3-8-22(18)25-17-19/h2-8,15-17H,9-14H2,1H3,(H,24,28). The number of nitrogens with one attached hydrogen (secondary N) is 1. The molecule has 150 valence electrons. The number of fused-ring (bicyclic) bond motifs is 1. The van der Waals surface area contributed by atoms with Gasteiger partial charge in [0.1, 0.15) is 5.75 Å². The van der Waals surface area contributed by atoms with Crippen LogP contribution in [0.5, 0.6) is 5.75 Å². The lowest BCUT2D eigenvalue weighted by molar-refractivity contribution is 0.0947. The second-order valence-electron chi connectivity index (χ2n) is 7.20. The van der Waals surface area contributed by atoms with E-state index in [4.69, 9.17) is 4.74 Å². The molecule has 29 heavy (non-hydrogen) atoms. The van der Waals surface area contributed by atoms with Gasteiger partial charge < -0.3 is 15.0 Å². The molecule has 1 aliphatic rings. The van der Waals surface area contributed by atoms with Crippen LogP contribution in [0, 0.1) is 0 Å². The molecule has 6 nitrogen and oxygen atoms in total. The second kappa shape index (κ2) is 8.92. The van der Waals surface area contributed by atoms with E-state index in [1.54, 1.807) is 13.3 Å². The minimum Gasteiger partial charge on any atom is -0.497 e. The molecule has 2 heterocycles. The molecule has 0 atom stereocenters. The zero-order valence-corrected chi connectivity index (χ0v) is 16.7. The van der Waals surface area contributed by atoms with Crippen LogP contribution in [-0.4, -0.2) is 62.2 Å². The third-order valence-electron chi connectivity index (χ3n) is 5.36. The fourth-order valence-electron chi connectivity index (χ4n) is 3.66. The van der Waals surface area contributed by atoms with Gasteiger partial charge in [-0.25, -0.2) is 0 Å². The van der Waals surface area contributed by atoms with Crippen LogP contribution in [0.2, 0.25) is 0 Å². The van der Waals surface area contributed by atoms with Gasteiger partial charge >= 0.3 is 0 Å². The van der Waals surface area contributed by atoms with E-state index in [2.05, 4.69) is 32.2 Å². The Morgan fingerprint density at radius 1 is 1.07 bits per heavy atom. The van der Waals surface area contributed by atoms with Crippen LogP contribution in [0.4, 0.5) is 5.69 Å². The van der Waals surface area contributed by atoms with E-state index in [1.165, 1.54) is 5.69 Å². The number of hydrogen-bond donors (Lipinski definition) is 1. The summed E-state index contributed by atoms with van der Waals surface area (Å²) < 4.78 is 5.32. The Balaban J connectivity index is 1.24. The van der Waals surface area contributed by atoms with Crippen LogP contribution in [-0.2, 0) is 0 Å². The van der Waals surface area contributed by atoms with Crippen molar-refractivity contribution in [1.29, 1.82) is 0 Å². The molecule has 3 aromatic rings. The summed E-state index contributed by atoms with van der Waals surface area (Å²) >= 11 is 0. The molecule has 6 heteroatoms. The Labute approximate surface area is 171 Å². The van der Waals surface area contributed by atoms with Crippen molar-refractivity contribution in [3.05, 3.63) is 66.4 Å². The van der Waals surface area contributed by atoms with Crippen molar-refractivity contribution >= 4 is 22.5 Å². The maximum atomic E-state index is 12.4. The third-order valence-corrected chi connectivity index (χ3v) is 5.36. The number of aromatic nitrogens is 1. The van der Waals surface area contributed by atoms with Gasteiger partial charge in [0.25, 0.3) is 5.91 Å². The molecular weight excluding hydrogens is 364 g/mol. The zero-order chi connectivity index (χ0) is 20.1. The lowest BCUT2D eigenvalue weighted by atomic mass is 10.1. The molecule has 1 amide bonds. The van der Waals surface area contributed by atoms with Crippen molar-refractivity contribution < 1.29 is 9.53 Å². The Morgan fingerprint density at radius 3 is 2.72 bits per heavy atom. The minimum absolute atomic E-state index is 0.0710. The average Bonchev–Trinajstić information content (AvgIpc) is 2.79. The summed E-state index contributed by atoms with van der Waals surface area (Å²) in [6, 6.07) is 17.9. The summed E-state index contributed by atoms with van der Waals surface area (Å²) in [4.78, 5) is 21.6. The predicted molar refractivity (Wildman–Crippen MR) is 116 cm³/mol. The summed E-state index contributed by atoms with van der Waals surface area (Å²) in [5.41, 5.74) is 2.70. The van der Waals surface area contributed by atoms with Gasteiger partial charge in [-0.1, -0.05) is 24.3 Å². The molecule has 0 saturated carbocycles. The summed E-state index contributed by atoms with van der Waals surface area (Å²) in [7, 11) is 1.69. The van der Waals surface area contributed by atoms with E-state index >= 15 is 0 Å². The number of carbonyl (C=O) groups excluding carboxylic acids is 1. The maximum Gasteiger partial charge on any atom is 0.252 e. The predicted octanol–water partition coefficient (Wildman–Crippen LogP) is 2.80. The number of carbonyl (C=O) groups is 1. The summed E-state index contributed by atoms with van der Waals surface area (Å²) in [6.07, 6.45) is 1.64. The summed E-state index contributed by atoms with van der Waals surface area (Å²) in [5, 5.41) is 4.00. The van der Waals surface area contributed by atoms with Crippen molar-refractivity contribution in [1.82, 2.24) is 15.2 Å². The van der Waals surface area contributed by atoms with Gasteiger partial charge in [0, 0.05) is 62.6 Å². The normalized spacial score (nSPS) is 14.7. The SMILES string of the molecule is COc1cccc(N2CCN(CCNC(=O)c3cnc4ccccc4c3)CC2)c1. The fourth-order valence-corrected chi connectivity index (χ4v) is 3.66. The highest BCUT2D eigenvalue weighted by molar-refractivity contribution is 5.97. The number of methoxy groups -OCH3 is 1. The van der Waals surface area contributed by atoms with Gasteiger partial charge in [0.15, 0.2) is 0 Å². The Morgan fingerprint density at radius 2 is 1.90 bits per heavy atom. The molecule has 2 aromatic carbocycles. The molecule has 1 aliphatic heterocycles. The van der Waals surface area contributed by atoms with E-state index in [9.17, 15) is 4.79 Å². The number of piperazine rings is 1. The van der Waals surface area contributed by atoms with E-state index in [0.29, 0.717) is 12.1 Å². The molecule has 1 N–H and O–H groups in total. The average molecular weight is 390 g/mol. The quantitative estimate of drug-likeness (QED) is 0.701. The Hall–Kier alpha value is -3.12. The highest BCUT2D eigenvalue weighted by Crippen LogP contribution is 2.22. The van der Waals surface area contributed by atoms with Crippen LogP contribution >= 0.6 is 0 Å². The first-order valence-electron chi connectivity index (χ1n) is 9.97. The summed E-state index contributed by atoms with van der Waals surface area (Å²) in [5.74, 6) is 0.814. The maximum absolute atomic E-state index is 12.4. The Kier molecular flexibility index (Phi) is 5.91. The highest BCUT2D eigenvalue weighted by atomic mass is 16.5. The second-order valence-corrected chi connectivity index (χ2v) is 7.20. The number of hydrogen-bond acceptors (Lipinski definition) is 5. The summed E-state index contributed by atoms with van der Waals surface area (Å²) in [6.45, 7) is 5.37. The van der Waals surface area contributed by atoms with Gasteiger partial charge in [-0.2, -0.15) is 0 Å². The Bertz CT molecular complexity index is 983. The topological polar surface area (TPSA) is 57.7 Å². The molecule has 0 unspecified atom stereocenters. The van der Waals surface area contributed by atoms with E-state index in [0.717, 1.165) is 49.4 Å². The smallest absolute Gasteiger partial charge is 0.252 e. The van der Waals surface area contributed by atoms with Crippen LogP contribution in [0.25, 0.3) is 10.9 Å². The van der Waals surface area contributed by atoms with Crippen molar-refractivity contribution in [3.63, 3.8) is 0 Å². The molecule has 1 saturated heterocycles. The van der Waals surface area contributed by atoms with E-state index in [-0.39, 0.29) is 5.91 Å². The molecule has 4 rings (SSSR count). The number of anilines is 1. The molecule has 0 radical (unpaired) electrons. The minimum atomic E-state index is -0.0710. The van der Waals surface area contributed by atoms with Gasteiger partial charge in [-0.3, -0.25) is 14.7 Å². The van der Waals surface area contributed by atoms with Crippen LogP contribution in [0.1, 0.15) is 10.4 Å². The van der Waals surface area contributed by atoms with Gasteiger partial charge in [-0.05, 0) is 24.3 Å². The van der Waals surface area contributed by atoms with Crippen molar-refractivity contribution in [3.8, 4) is 5.75 Å². The van der Waals surface area contributed by atoms with Crippen LogP contribution < -0.4 is 15.0 Å². The van der Waals surface area contributed by atoms with Crippen LogP contribution in [0.15, 0.2) is 60.8 Å². The number of pyridine rings is 1. The molecule has 0 spiro atoms. The molecule has 1 fully saturated rings. The lowest BCUT2D eigenvalue weighted by Crippen LogP contribution is -2.48. The number of amides is 1. The molecule has 0 bridgehead atoms. The molecule has 0 aliphatic carbocycles. The number of ether oxygens (including phenoxy) is 1. The number of benzene rings is 2. The first-order valence-corrected chi connectivity index (χ1v) is 9.97. The van der Waals surface area contributed by atoms with Crippen molar-refractivity contribution in [2.24, 2.45) is 0 Å². The van der Waals surface area contributed by atoms with E-state index in [1.807, 2.05) is 42.5 Å². The van der Waals surface area contributed by atoms with Crippen molar-refractivity contribution in [2.75, 3.05) is 51.3 Å². The van der Waals surface area contributed by atoms with Gasteiger partial charge in [0.05, 0.1) is 18.2 Å². The first kappa shape index (κ1) is 19.2. The largest absolute Gasteiger partial charge is 0.497 e. The number of para-hydroxylation sites is 1. The van der Waals surface area contributed by atoms with Crippen molar-refractivity contribution in [2.45, 2.75) is 0 Å². The third kappa shape index (κ3) is 4.66. The van der Waals surface area contributed by atoms with Gasteiger partial charge in [-0.15, -0.1) is 0 Å².